The molecule has 59 heavy (non-hydrogen) atoms. The summed E-state index contributed by atoms with van der Waals surface area (Å²) in [6.45, 7) is 6.03. The minimum absolute atomic E-state index is 0.00727. The zero-order valence-electron chi connectivity index (χ0n) is 35.9. The fraction of sp³-hybridized carbons (Fsp3) is 0.705. The van der Waals surface area contributed by atoms with Gasteiger partial charge in [0.1, 0.15) is 25.9 Å². The smallest absolute Gasteiger partial charge is 0.268 e. The molecule has 0 radical (unpaired) electrons. The van der Waals surface area contributed by atoms with Gasteiger partial charge in [-0.2, -0.15) is 0 Å². The van der Waals surface area contributed by atoms with E-state index >= 15 is 0 Å². The summed E-state index contributed by atoms with van der Waals surface area (Å²) in [5, 5.41) is 4.21. The Kier molecular flexibility index (Phi) is 27.2. The van der Waals surface area contributed by atoms with Crippen LogP contribution in [0, 0.1) is 0 Å². The monoisotopic (exact) mass is 886 g/mol. The standard InChI is InChI=1S/C44H72Cl2N3O9P/c1-4-6-7-8-9-10-11-12-13-14-15-16-17-18-21-30-53-35-54-33-38(34-58-59(51,52)57-31-29-48(3)5-2)55-36-56-43-27-28-49(43)42(50)32-37-23-19-20-26-41(37)47-44-39(45)24-22-25-40(44)46/h19-20,22-26,38,43,47H,4-18,21,27-36H2,1-3H3,(H,51,52)/p-1. The largest absolute Gasteiger partial charge is 0.756 e. The number of nitrogens with one attached hydrogen (secondary N) is 1. The molecule has 1 saturated heterocycles. The van der Waals surface area contributed by atoms with Crippen molar-refractivity contribution in [1.82, 2.24) is 9.80 Å². The molecule has 0 saturated carbocycles. The number of amides is 1. The van der Waals surface area contributed by atoms with Crippen molar-refractivity contribution < 1.29 is 42.2 Å². The van der Waals surface area contributed by atoms with Gasteiger partial charge >= 0.3 is 0 Å². The lowest BCUT2D eigenvalue weighted by atomic mass is 10.0. The number of hydrogen-bond donors (Lipinski definition) is 1. The van der Waals surface area contributed by atoms with Crippen molar-refractivity contribution in [2.45, 2.75) is 135 Å². The number of phosphoric acid groups is 1. The first-order chi connectivity index (χ1) is 28.6. The predicted octanol–water partition coefficient (Wildman–Crippen LogP) is 10.5. The van der Waals surface area contributed by atoms with E-state index in [4.69, 9.17) is 51.2 Å². The van der Waals surface area contributed by atoms with E-state index in [1.807, 2.05) is 43.1 Å². The number of carbonyl (C=O) groups is 1. The molecule has 12 nitrogen and oxygen atoms in total. The Morgan fingerprint density at radius 2 is 1.46 bits per heavy atom. The third-order valence-corrected chi connectivity index (χ3v) is 12.1. The summed E-state index contributed by atoms with van der Waals surface area (Å²) in [4.78, 5) is 29.4. The number of likely N-dealkylation sites (N-methyl/N-ethyl adjacent to an activating group) is 1. The predicted molar refractivity (Wildman–Crippen MR) is 235 cm³/mol. The van der Waals surface area contributed by atoms with Gasteiger partial charge in [0.05, 0.1) is 42.0 Å². The molecule has 3 rings (SSSR count). The van der Waals surface area contributed by atoms with E-state index < -0.39 is 20.2 Å². The van der Waals surface area contributed by atoms with E-state index in [0.29, 0.717) is 41.8 Å². The van der Waals surface area contributed by atoms with Crippen LogP contribution in [0.2, 0.25) is 10.0 Å². The summed E-state index contributed by atoms with van der Waals surface area (Å²) in [5.74, 6) is -0.117. The number of unbranched alkanes of at least 4 members (excludes halogenated alkanes) is 14. The zero-order valence-corrected chi connectivity index (χ0v) is 38.3. The first-order valence-corrected chi connectivity index (χ1v) is 24.1. The molecule has 3 unspecified atom stereocenters. The first kappa shape index (κ1) is 51.5. The molecule has 0 aliphatic carbocycles. The number of hydrogen-bond acceptors (Lipinski definition) is 11. The molecule has 1 heterocycles. The van der Waals surface area contributed by atoms with Gasteiger partial charge in [-0.1, -0.05) is 151 Å². The van der Waals surface area contributed by atoms with E-state index in [-0.39, 0.29) is 45.7 Å². The Balaban J connectivity index is 1.35. The average molecular weight is 888 g/mol. The molecule has 2 aromatic rings. The summed E-state index contributed by atoms with van der Waals surface area (Å²) in [5.41, 5.74) is 2.06. The Labute approximate surface area is 364 Å². The maximum atomic E-state index is 13.4. The normalized spacial score (nSPS) is 15.6. The number of rotatable bonds is 36. The van der Waals surface area contributed by atoms with Gasteiger partial charge in [0.2, 0.25) is 5.91 Å². The van der Waals surface area contributed by atoms with Gasteiger partial charge in [-0.15, -0.1) is 0 Å². The molecule has 1 aliphatic heterocycles. The van der Waals surface area contributed by atoms with Crippen molar-refractivity contribution in [1.29, 1.82) is 0 Å². The minimum atomic E-state index is -4.58. The summed E-state index contributed by atoms with van der Waals surface area (Å²) in [6.07, 6.45) is 19.0. The number of ether oxygens (including phenoxy) is 4. The molecule has 336 valence electrons. The first-order valence-electron chi connectivity index (χ1n) is 21.9. The van der Waals surface area contributed by atoms with Gasteiger partial charge in [-0.25, -0.2) is 0 Å². The van der Waals surface area contributed by atoms with Crippen LogP contribution in [0.3, 0.4) is 0 Å². The highest BCUT2D eigenvalue weighted by molar-refractivity contribution is 7.45. The highest BCUT2D eigenvalue weighted by Gasteiger charge is 2.33. The maximum absolute atomic E-state index is 13.4. The van der Waals surface area contributed by atoms with Crippen LogP contribution < -0.4 is 10.2 Å². The van der Waals surface area contributed by atoms with Crippen LogP contribution in [-0.2, 0) is 43.8 Å². The highest BCUT2D eigenvalue weighted by atomic mass is 35.5. The van der Waals surface area contributed by atoms with E-state index in [9.17, 15) is 14.3 Å². The second-order valence-electron chi connectivity index (χ2n) is 15.3. The lowest BCUT2D eigenvalue weighted by Crippen LogP contribution is -2.53. The van der Waals surface area contributed by atoms with Crippen LogP contribution in [0.1, 0.15) is 122 Å². The molecule has 2 aromatic carbocycles. The minimum Gasteiger partial charge on any atom is -0.756 e. The molecule has 0 aromatic heterocycles. The second-order valence-corrected chi connectivity index (χ2v) is 17.5. The van der Waals surface area contributed by atoms with Crippen LogP contribution >= 0.6 is 31.0 Å². The van der Waals surface area contributed by atoms with Crippen molar-refractivity contribution >= 4 is 48.3 Å². The van der Waals surface area contributed by atoms with Crippen LogP contribution in [0.5, 0.6) is 0 Å². The lowest BCUT2D eigenvalue weighted by Gasteiger charge is -2.40. The molecular weight excluding hydrogens is 816 g/mol. The average Bonchev–Trinajstić information content (AvgIpc) is 3.20. The molecule has 1 fully saturated rings. The Hall–Kier alpha value is -1.80. The summed E-state index contributed by atoms with van der Waals surface area (Å²) < 4.78 is 45.8. The number of benzene rings is 2. The summed E-state index contributed by atoms with van der Waals surface area (Å²) in [7, 11) is -2.71. The van der Waals surface area contributed by atoms with Crippen molar-refractivity contribution in [3.05, 3.63) is 58.1 Å². The van der Waals surface area contributed by atoms with Crippen LogP contribution in [0.15, 0.2) is 42.5 Å². The van der Waals surface area contributed by atoms with Crippen molar-refractivity contribution in [3.8, 4) is 0 Å². The van der Waals surface area contributed by atoms with Crippen LogP contribution in [0.25, 0.3) is 0 Å². The van der Waals surface area contributed by atoms with E-state index in [2.05, 4.69) is 12.2 Å². The molecule has 1 amide bonds. The number of likely N-dealkylation sites (tertiary alicyclic amines) is 1. The quantitative estimate of drug-likeness (QED) is 0.0398. The highest BCUT2D eigenvalue weighted by Crippen LogP contribution is 2.38. The molecular formula is C44H71Cl2N3O9P-. The Morgan fingerprint density at radius 1 is 0.831 bits per heavy atom. The van der Waals surface area contributed by atoms with Gasteiger partial charge in [-0.05, 0) is 43.8 Å². The number of anilines is 2. The fourth-order valence-electron chi connectivity index (χ4n) is 6.54. The van der Waals surface area contributed by atoms with E-state index in [0.717, 1.165) is 30.6 Å². The maximum Gasteiger partial charge on any atom is 0.268 e. The summed E-state index contributed by atoms with van der Waals surface area (Å²) >= 11 is 12.7. The van der Waals surface area contributed by atoms with E-state index in [1.165, 1.54) is 83.5 Å². The molecule has 15 heteroatoms. The van der Waals surface area contributed by atoms with Crippen LogP contribution in [-0.4, -0.2) is 94.7 Å². The Bertz CT molecular complexity index is 1460. The molecule has 1 N–H and O–H groups in total. The van der Waals surface area contributed by atoms with Gasteiger partial charge < -0.3 is 48.0 Å². The number of nitrogens with zero attached hydrogens (tertiary/aromatic N) is 2. The number of halogens is 2. The zero-order chi connectivity index (χ0) is 42.6. The summed E-state index contributed by atoms with van der Waals surface area (Å²) in [6, 6.07) is 12.7. The fourth-order valence-corrected chi connectivity index (χ4v) is 7.77. The molecule has 1 aliphatic rings. The number of para-hydroxylation sites is 2. The van der Waals surface area contributed by atoms with Gasteiger partial charge in [0.15, 0.2) is 0 Å². The molecule has 0 spiro atoms. The van der Waals surface area contributed by atoms with Crippen LogP contribution in [0.4, 0.5) is 11.4 Å². The molecule has 3 atom stereocenters. The molecule has 0 bridgehead atoms. The Morgan fingerprint density at radius 3 is 2.07 bits per heavy atom. The SMILES string of the molecule is CCCCCCCCCCCCCCCCCOCOCC(COP(=O)([O-])OCCN(C)CC)OCOC1CCN1C(=O)Cc1ccccc1Nc1c(Cl)cccc1Cl. The van der Waals surface area contributed by atoms with Crippen molar-refractivity contribution in [3.63, 3.8) is 0 Å². The van der Waals surface area contributed by atoms with E-state index in [1.54, 1.807) is 23.1 Å². The topological polar surface area (TPSA) is 131 Å². The van der Waals surface area contributed by atoms with Gasteiger partial charge in [0, 0.05) is 31.8 Å². The third-order valence-electron chi connectivity index (χ3n) is 10.5. The second kappa shape index (κ2) is 31.1. The number of phosphoric ester groups is 1. The van der Waals surface area contributed by atoms with Crippen molar-refractivity contribution in [2.75, 3.05) is 72.0 Å². The van der Waals surface area contributed by atoms with Gasteiger partial charge in [-0.3, -0.25) is 9.36 Å². The lowest BCUT2D eigenvalue weighted by molar-refractivity contribution is -0.234. The third kappa shape index (κ3) is 22.2. The van der Waals surface area contributed by atoms with Crippen molar-refractivity contribution in [2.24, 2.45) is 0 Å². The van der Waals surface area contributed by atoms with Gasteiger partial charge in [0.25, 0.3) is 7.82 Å². The number of carbonyl (C=O) groups excluding carboxylic acids is 1.